The Labute approximate surface area is 109 Å². The number of aromatic amines is 1. The molecule has 1 aliphatic heterocycles. The lowest BCUT2D eigenvalue weighted by molar-refractivity contribution is 0.300. The molecule has 0 fully saturated rings. The molecule has 92 valence electrons. The zero-order valence-electron chi connectivity index (χ0n) is 10.1. The van der Waals surface area contributed by atoms with Crippen LogP contribution in [-0.4, -0.2) is 4.98 Å². The van der Waals surface area contributed by atoms with Gasteiger partial charge in [-0.1, -0.05) is 24.3 Å². The van der Waals surface area contributed by atoms with Crippen molar-refractivity contribution >= 4 is 10.9 Å². The summed E-state index contributed by atoms with van der Waals surface area (Å²) in [5, 5.41) is 0.712. The highest BCUT2D eigenvalue weighted by Crippen LogP contribution is 2.35. The first-order chi connectivity index (χ1) is 9.34. The third kappa shape index (κ3) is 1.41. The maximum Gasteiger partial charge on any atom is 0.196 e. The Balaban J connectivity index is 2.15. The van der Waals surface area contributed by atoms with Gasteiger partial charge in [-0.05, 0) is 24.3 Å². The maximum absolute atomic E-state index is 12.5. The van der Waals surface area contributed by atoms with Crippen molar-refractivity contribution in [2.24, 2.45) is 0 Å². The van der Waals surface area contributed by atoms with E-state index in [0.29, 0.717) is 17.6 Å². The van der Waals surface area contributed by atoms with Gasteiger partial charge in [-0.25, -0.2) is 0 Å². The minimum absolute atomic E-state index is 0.0545. The number of aromatic nitrogens is 1. The van der Waals surface area contributed by atoms with Crippen LogP contribution in [0.2, 0.25) is 0 Å². The molecule has 0 amide bonds. The smallest absolute Gasteiger partial charge is 0.196 e. The van der Waals surface area contributed by atoms with Crippen LogP contribution in [0.15, 0.2) is 53.3 Å². The molecule has 3 nitrogen and oxygen atoms in total. The molecule has 1 aliphatic rings. The van der Waals surface area contributed by atoms with E-state index in [9.17, 15) is 4.79 Å². The quantitative estimate of drug-likeness (QED) is 0.665. The number of ether oxygens (including phenoxy) is 1. The van der Waals surface area contributed by atoms with Gasteiger partial charge in [0.25, 0.3) is 0 Å². The predicted molar refractivity (Wildman–Crippen MR) is 74.3 cm³/mol. The first kappa shape index (κ1) is 10.4. The van der Waals surface area contributed by atoms with E-state index in [1.165, 1.54) is 0 Å². The monoisotopic (exact) mass is 249 g/mol. The number of pyridine rings is 1. The zero-order valence-corrected chi connectivity index (χ0v) is 10.1. The lowest BCUT2D eigenvalue weighted by Gasteiger charge is -2.20. The molecule has 0 atom stereocenters. The summed E-state index contributed by atoms with van der Waals surface area (Å²) in [6.45, 7) is 0.326. The van der Waals surface area contributed by atoms with Gasteiger partial charge in [-0.2, -0.15) is 0 Å². The molecule has 0 spiro atoms. The Morgan fingerprint density at radius 2 is 1.79 bits per heavy atom. The fraction of sp³-hybridized carbons (Fsp3) is 0.0625. The average molecular weight is 249 g/mol. The van der Waals surface area contributed by atoms with Crippen molar-refractivity contribution in [2.45, 2.75) is 6.61 Å². The first-order valence-electron chi connectivity index (χ1n) is 6.21. The van der Waals surface area contributed by atoms with E-state index < -0.39 is 0 Å². The van der Waals surface area contributed by atoms with Crippen molar-refractivity contribution in [1.29, 1.82) is 0 Å². The summed E-state index contributed by atoms with van der Waals surface area (Å²) < 4.78 is 5.66. The van der Waals surface area contributed by atoms with E-state index in [1.807, 2.05) is 48.5 Å². The highest BCUT2D eigenvalue weighted by Gasteiger charge is 2.21. The molecule has 3 aromatic rings. The largest absolute Gasteiger partial charge is 0.488 e. The van der Waals surface area contributed by atoms with Crippen LogP contribution >= 0.6 is 0 Å². The third-order valence-electron chi connectivity index (χ3n) is 3.54. The van der Waals surface area contributed by atoms with Crippen LogP contribution < -0.4 is 10.2 Å². The SMILES string of the molecule is O=c1c2c([nH]c3ccccc13)-c1ccccc1OC2. The highest BCUT2D eigenvalue weighted by atomic mass is 16.5. The summed E-state index contributed by atoms with van der Waals surface area (Å²) >= 11 is 0. The van der Waals surface area contributed by atoms with Crippen molar-refractivity contribution in [3.63, 3.8) is 0 Å². The Hall–Kier alpha value is -2.55. The van der Waals surface area contributed by atoms with E-state index >= 15 is 0 Å². The van der Waals surface area contributed by atoms with Gasteiger partial charge in [0.1, 0.15) is 12.4 Å². The number of H-pyrrole nitrogens is 1. The topological polar surface area (TPSA) is 42.1 Å². The van der Waals surface area contributed by atoms with E-state index in [-0.39, 0.29) is 5.43 Å². The summed E-state index contributed by atoms with van der Waals surface area (Å²) in [4.78, 5) is 15.8. The minimum Gasteiger partial charge on any atom is -0.488 e. The van der Waals surface area contributed by atoms with Gasteiger partial charge in [0, 0.05) is 16.5 Å². The van der Waals surface area contributed by atoms with Crippen molar-refractivity contribution in [3.05, 3.63) is 64.3 Å². The van der Waals surface area contributed by atoms with E-state index in [4.69, 9.17) is 4.74 Å². The fourth-order valence-corrected chi connectivity index (χ4v) is 2.59. The molecule has 0 saturated carbocycles. The van der Waals surface area contributed by atoms with Crippen molar-refractivity contribution in [2.75, 3.05) is 0 Å². The van der Waals surface area contributed by atoms with Crippen molar-refractivity contribution in [1.82, 2.24) is 4.98 Å². The second-order valence-corrected chi connectivity index (χ2v) is 4.64. The van der Waals surface area contributed by atoms with Gasteiger partial charge in [0.05, 0.1) is 11.3 Å². The number of para-hydroxylation sites is 2. The number of nitrogens with one attached hydrogen (secondary N) is 1. The van der Waals surface area contributed by atoms with Crippen LogP contribution in [0.4, 0.5) is 0 Å². The molecular formula is C16H11NO2. The standard InChI is InChI=1S/C16H11NO2/c18-16-10-5-1-3-7-13(10)17-15-11-6-2-4-8-14(11)19-9-12(15)16/h1-8H,9H2,(H,17,18). The second-order valence-electron chi connectivity index (χ2n) is 4.64. The summed E-state index contributed by atoms with van der Waals surface area (Å²) in [5.74, 6) is 0.820. The number of fused-ring (bicyclic) bond motifs is 4. The molecule has 1 N–H and O–H groups in total. The molecule has 3 heteroatoms. The molecule has 0 saturated heterocycles. The number of benzene rings is 2. The van der Waals surface area contributed by atoms with E-state index in [1.54, 1.807) is 0 Å². The van der Waals surface area contributed by atoms with Crippen LogP contribution in [0.5, 0.6) is 5.75 Å². The molecule has 1 aromatic heterocycles. The molecule has 2 aromatic carbocycles. The van der Waals surface area contributed by atoms with Crippen molar-refractivity contribution in [3.8, 4) is 17.0 Å². The van der Waals surface area contributed by atoms with E-state index in [0.717, 1.165) is 22.5 Å². The predicted octanol–water partition coefficient (Wildman–Crippen LogP) is 3.09. The van der Waals surface area contributed by atoms with Crippen LogP contribution in [0.3, 0.4) is 0 Å². The Kier molecular flexibility index (Phi) is 2.03. The van der Waals surface area contributed by atoms with Gasteiger partial charge in [0.2, 0.25) is 0 Å². The van der Waals surface area contributed by atoms with Gasteiger partial charge < -0.3 is 9.72 Å². The molecule has 0 aliphatic carbocycles. The lowest BCUT2D eigenvalue weighted by Crippen LogP contribution is -2.18. The van der Waals surface area contributed by atoms with Crippen LogP contribution in [0, 0.1) is 0 Å². The molecule has 0 radical (unpaired) electrons. The van der Waals surface area contributed by atoms with E-state index in [2.05, 4.69) is 4.98 Å². The van der Waals surface area contributed by atoms with Crippen LogP contribution in [-0.2, 0) is 6.61 Å². The average Bonchev–Trinajstić information content (AvgIpc) is 2.47. The normalized spacial score (nSPS) is 12.6. The first-order valence-corrected chi connectivity index (χ1v) is 6.21. The van der Waals surface area contributed by atoms with Crippen LogP contribution in [0.1, 0.15) is 5.56 Å². The van der Waals surface area contributed by atoms with Gasteiger partial charge in [0.15, 0.2) is 5.43 Å². The highest BCUT2D eigenvalue weighted by molar-refractivity contribution is 5.84. The molecule has 2 heterocycles. The van der Waals surface area contributed by atoms with Gasteiger partial charge in [-0.3, -0.25) is 4.79 Å². The Bertz CT molecular complexity index is 849. The molecular weight excluding hydrogens is 238 g/mol. The minimum atomic E-state index is 0.0545. The lowest BCUT2D eigenvalue weighted by atomic mass is 10.0. The molecule has 0 bridgehead atoms. The Morgan fingerprint density at radius 3 is 2.74 bits per heavy atom. The summed E-state index contributed by atoms with van der Waals surface area (Å²) in [6.07, 6.45) is 0. The molecule has 4 rings (SSSR count). The van der Waals surface area contributed by atoms with Gasteiger partial charge in [-0.15, -0.1) is 0 Å². The fourth-order valence-electron chi connectivity index (χ4n) is 2.59. The van der Waals surface area contributed by atoms with Crippen LogP contribution in [0.25, 0.3) is 22.2 Å². The maximum atomic E-state index is 12.5. The summed E-state index contributed by atoms with van der Waals surface area (Å²) in [5.41, 5.74) is 3.45. The molecule has 19 heavy (non-hydrogen) atoms. The second kappa shape index (κ2) is 3.72. The third-order valence-corrected chi connectivity index (χ3v) is 3.54. The Morgan fingerprint density at radius 1 is 1.00 bits per heavy atom. The number of hydrogen-bond donors (Lipinski definition) is 1. The summed E-state index contributed by atoms with van der Waals surface area (Å²) in [6, 6.07) is 15.3. The molecule has 0 unspecified atom stereocenters. The van der Waals surface area contributed by atoms with Gasteiger partial charge >= 0.3 is 0 Å². The number of rotatable bonds is 0. The zero-order chi connectivity index (χ0) is 12.8. The van der Waals surface area contributed by atoms with Crippen molar-refractivity contribution < 1.29 is 4.74 Å². The number of hydrogen-bond acceptors (Lipinski definition) is 2. The summed E-state index contributed by atoms with van der Waals surface area (Å²) in [7, 11) is 0.